The first-order valence-corrected chi connectivity index (χ1v) is 10.6. The van der Waals surface area contributed by atoms with E-state index in [-0.39, 0.29) is 21.1 Å². The number of benzene rings is 1. The summed E-state index contributed by atoms with van der Waals surface area (Å²) in [6.07, 6.45) is 1.96. The van der Waals surface area contributed by atoms with Crippen LogP contribution < -0.4 is 5.73 Å². The summed E-state index contributed by atoms with van der Waals surface area (Å²) in [5, 5.41) is 0. The number of sulfone groups is 1. The molecule has 2 N–H and O–H groups in total. The monoisotopic (exact) mass is 378 g/mol. The fourth-order valence-corrected chi connectivity index (χ4v) is 5.77. The Bertz CT molecular complexity index is 844. The van der Waals surface area contributed by atoms with Crippen LogP contribution in [0, 0.1) is 5.92 Å². The van der Waals surface area contributed by atoms with Gasteiger partial charge in [0, 0.05) is 19.1 Å². The second-order valence-corrected chi connectivity index (χ2v) is 9.71. The predicted octanol–water partition coefficient (Wildman–Crippen LogP) is 2.78. The Hall–Kier alpha value is -1.70. The summed E-state index contributed by atoms with van der Waals surface area (Å²) in [5.41, 5.74) is 5.98. The zero-order valence-electron chi connectivity index (χ0n) is 14.1. The van der Waals surface area contributed by atoms with Crippen molar-refractivity contribution in [3.8, 4) is 0 Å². The summed E-state index contributed by atoms with van der Waals surface area (Å²) >= 11 is 1.04. The van der Waals surface area contributed by atoms with Crippen molar-refractivity contribution in [1.29, 1.82) is 0 Å². The molecule has 0 aliphatic carbocycles. The zero-order valence-corrected chi connectivity index (χ0v) is 15.7. The lowest BCUT2D eigenvalue weighted by molar-refractivity contribution is 0.0666. The molecule has 134 valence electrons. The van der Waals surface area contributed by atoms with Crippen LogP contribution in [0.25, 0.3) is 0 Å². The minimum atomic E-state index is -3.58. The molecule has 1 aromatic carbocycles. The minimum Gasteiger partial charge on any atom is -0.338 e. The molecule has 25 heavy (non-hydrogen) atoms. The fourth-order valence-electron chi connectivity index (χ4n) is 3.07. The van der Waals surface area contributed by atoms with E-state index in [0.29, 0.717) is 23.9 Å². The number of carbonyl (C=O) groups excluding carboxylic acids is 1. The molecule has 2 heterocycles. The number of likely N-dealkylation sites (tertiary alicyclic amines) is 1. The molecule has 5 nitrogen and oxygen atoms in total. The summed E-state index contributed by atoms with van der Waals surface area (Å²) < 4.78 is 25.5. The van der Waals surface area contributed by atoms with E-state index in [1.807, 2.05) is 6.92 Å². The maximum Gasteiger partial charge on any atom is 0.263 e. The van der Waals surface area contributed by atoms with E-state index < -0.39 is 9.84 Å². The second-order valence-electron chi connectivity index (χ2n) is 6.45. The zero-order chi connectivity index (χ0) is 18.0. The topological polar surface area (TPSA) is 80.5 Å². The van der Waals surface area contributed by atoms with Gasteiger partial charge in [-0.3, -0.25) is 4.79 Å². The Morgan fingerprint density at radius 3 is 2.64 bits per heavy atom. The highest BCUT2D eigenvalue weighted by Gasteiger charge is 2.28. The predicted molar refractivity (Wildman–Crippen MR) is 98.5 cm³/mol. The van der Waals surface area contributed by atoms with E-state index >= 15 is 0 Å². The molecule has 2 unspecified atom stereocenters. The van der Waals surface area contributed by atoms with Crippen molar-refractivity contribution in [2.24, 2.45) is 11.7 Å². The average Bonchev–Trinajstić information content (AvgIpc) is 3.13. The van der Waals surface area contributed by atoms with Crippen molar-refractivity contribution in [2.75, 3.05) is 13.1 Å². The van der Waals surface area contributed by atoms with Gasteiger partial charge >= 0.3 is 0 Å². The van der Waals surface area contributed by atoms with E-state index in [1.165, 1.54) is 6.07 Å². The van der Waals surface area contributed by atoms with Gasteiger partial charge in [-0.05, 0) is 49.9 Å². The molecule has 1 aliphatic rings. The molecule has 0 saturated carbocycles. The first-order chi connectivity index (χ1) is 11.9. The Morgan fingerprint density at radius 2 is 1.96 bits per heavy atom. The van der Waals surface area contributed by atoms with Gasteiger partial charge < -0.3 is 10.6 Å². The minimum absolute atomic E-state index is 0.0490. The molecular formula is C18H22N2O3S2. The highest BCUT2D eigenvalue weighted by molar-refractivity contribution is 7.93. The lowest BCUT2D eigenvalue weighted by atomic mass is 9.92. The van der Waals surface area contributed by atoms with Crippen LogP contribution in [0.15, 0.2) is 51.6 Å². The smallest absolute Gasteiger partial charge is 0.263 e. The molecule has 1 amide bonds. The largest absolute Gasteiger partial charge is 0.338 e. The number of piperidine rings is 1. The molecule has 1 fully saturated rings. The lowest BCUT2D eigenvalue weighted by Gasteiger charge is -2.34. The van der Waals surface area contributed by atoms with Gasteiger partial charge in [-0.1, -0.05) is 18.2 Å². The van der Waals surface area contributed by atoms with Crippen molar-refractivity contribution in [2.45, 2.75) is 34.9 Å². The third-order valence-corrected chi connectivity index (χ3v) is 7.93. The third-order valence-electron chi connectivity index (χ3n) is 4.60. The van der Waals surface area contributed by atoms with Crippen LogP contribution >= 0.6 is 11.3 Å². The van der Waals surface area contributed by atoms with Crippen molar-refractivity contribution < 1.29 is 13.2 Å². The van der Waals surface area contributed by atoms with Gasteiger partial charge in [0.15, 0.2) is 0 Å². The van der Waals surface area contributed by atoms with E-state index in [0.717, 1.165) is 24.2 Å². The maximum atomic E-state index is 12.7. The third kappa shape index (κ3) is 3.78. The van der Waals surface area contributed by atoms with Crippen LogP contribution in [-0.2, 0) is 9.84 Å². The Morgan fingerprint density at radius 1 is 1.24 bits per heavy atom. The van der Waals surface area contributed by atoms with Crippen LogP contribution in [-0.4, -0.2) is 38.4 Å². The summed E-state index contributed by atoms with van der Waals surface area (Å²) in [7, 11) is -3.58. The number of amides is 1. The maximum absolute atomic E-state index is 12.7. The summed E-state index contributed by atoms with van der Waals surface area (Å²) in [6.45, 7) is 3.30. The highest BCUT2D eigenvalue weighted by Crippen LogP contribution is 2.29. The van der Waals surface area contributed by atoms with Gasteiger partial charge in [-0.15, -0.1) is 11.3 Å². The summed E-state index contributed by atoms with van der Waals surface area (Å²) in [4.78, 5) is 15.2. The van der Waals surface area contributed by atoms with Gasteiger partial charge in [0.1, 0.15) is 4.21 Å². The molecule has 3 rings (SSSR count). The van der Waals surface area contributed by atoms with Gasteiger partial charge in [-0.25, -0.2) is 8.42 Å². The summed E-state index contributed by atoms with van der Waals surface area (Å²) in [5.74, 6) is 0.190. The van der Waals surface area contributed by atoms with Gasteiger partial charge in [0.25, 0.3) is 5.91 Å². The number of carbonyl (C=O) groups is 1. The summed E-state index contributed by atoms with van der Waals surface area (Å²) in [6, 6.07) is 11.5. The standard InChI is InChI=1S/C18H22N2O3S2/c1-13(19)14-6-5-11-20(12-14)18(21)16-9-10-17(24-16)25(22,23)15-7-3-2-4-8-15/h2-4,7-10,13-14H,5-6,11-12,19H2,1H3. The van der Waals surface area contributed by atoms with Gasteiger partial charge in [-0.2, -0.15) is 0 Å². The molecule has 0 spiro atoms. The number of nitrogens with two attached hydrogens (primary N) is 1. The van der Waals surface area contributed by atoms with E-state index in [1.54, 1.807) is 41.3 Å². The average molecular weight is 379 g/mol. The second kappa shape index (κ2) is 7.27. The number of hydrogen-bond donors (Lipinski definition) is 1. The molecule has 0 bridgehead atoms. The van der Waals surface area contributed by atoms with Crippen molar-refractivity contribution in [3.05, 3.63) is 47.3 Å². The molecule has 1 saturated heterocycles. The molecule has 1 aliphatic heterocycles. The SMILES string of the molecule is CC(N)C1CCCN(C(=O)c2ccc(S(=O)(=O)c3ccccc3)s2)C1. The molecule has 7 heteroatoms. The van der Waals surface area contributed by atoms with Crippen molar-refractivity contribution in [1.82, 2.24) is 4.90 Å². The number of hydrogen-bond acceptors (Lipinski definition) is 5. The fraction of sp³-hybridized carbons (Fsp3) is 0.389. The Labute approximate surface area is 152 Å². The van der Waals surface area contributed by atoms with Gasteiger partial charge in [0.05, 0.1) is 9.77 Å². The van der Waals surface area contributed by atoms with E-state index in [9.17, 15) is 13.2 Å². The first-order valence-electron chi connectivity index (χ1n) is 8.34. The lowest BCUT2D eigenvalue weighted by Crippen LogP contribution is -2.44. The number of nitrogens with zero attached hydrogens (tertiary/aromatic N) is 1. The van der Waals surface area contributed by atoms with E-state index in [4.69, 9.17) is 5.73 Å². The molecule has 2 aromatic rings. The molecule has 2 atom stereocenters. The number of thiophene rings is 1. The molecular weight excluding hydrogens is 356 g/mol. The van der Waals surface area contributed by atoms with Crippen molar-refractivity contribution >= 4 is 27.1 Å². The van der Waals surface area contributed by atoms with Gasteiger partial charge in [0.2, 0.25) is 9.84 Å². The van der Waals surface area contributed by atoms with E-state index in [2.05, 4.69) is 0 Å². The quantitative estimate of drug-likeness (QED) is 0.887. The van der Waals surface area contributed by atoms with Crippen LogP contribution in [0.2, 0.25) is 0 Å². The van der Waals surface area contributed by atoms with Crippen LogP contribution in [0.5, 0.6) is 0 Å². The van der Waals surface area contributed by atoms with Crippen LogP contribution in [0.1, 0.15) is 29.4 Å². The van der Waals surface area contributed by atoms with Crippen LogP contribution in [0.3, 0.4) is 0 Å². The van der Waals surface area contributed by atoms with Crippen molar-refractivity contribution in [3.63, 3.8) is 0 Å². The Balaban J connectivity index is 1.80. The molecule has 1 aromatic heterocycles. The molecule has 0 radical (unpaired) electrons. The normalized spacial score (nSPS) is 19.6. The van der Waals surface area contributed by atoms with Crippen LogP contribution in [0.4, 0.5) is 0 Å². The number of rotatable bonds is 4. The highest BCUT2D eigenvalue weighted by atomic mass is 32.2. The Kier molecular flexibility index (Phi) is 5.27. The first kappa shape index (κ1) is 18.1.